The number of benzene rings is 3. The summed E-state index contributed by atoms with van der Waals surface area (Å²) in [6.07, 6.45) is 0. The van der Waals surface area contributed by atoms with Crippen molar-refractivity contribution in [1.82, 2.24) is 0 Å². The molecule has 3 aromatic carbocycles. The summed E-state index contributed by atoms with van der Waals surface area (Å²) >= 11 is 3.40. The molecule has 0 fully saturated rings. The number of phenols is 1. The summed E-state index contributed by atoms with van der Waals surface area (Å²) in [7, 11) is 0. The zero-order chi connectivity index (χ0) is 23.3. The van der Waals surface area contributed by atoms with Gasteiger partial charge in [0.25, 0.3) is 5.91 Å². The second-order valence-corrected chi connectivity index (χ2v) is 8.81. The molecule has 164 valence electrons. The van der Waals surface area contributed by atoms with Gasteiger partial charge in [-0.05, 0) is 61.0 Å². The number of anilines is 1. The molecular formula is C26H18BrNO5. The molecule has 5 rings (SSSR count). The topological polar surface area (TPSA) is 91.0 Å². The van der Waals surface area contributed by atoms with Crippen LogP contribution in [-0.4, -0.2) is 21.9 Å². The molecule has 0 saturated carbocycles. The Morgan fingerprint density at radius 1 is 1.00 bits per heavy atom. The van der Waals surface area contributed by atoms with Gasteiger partial charge in [-0.25, -0.2) is 0 Å². The van der Waals surface area contributed by atoms with Crippen molar-refractivity contribution in [2.75, 3.05) is 4.90 Å². The number of aromatic hydroxyl groups is 1. The molecule has 2 N–H and O–H groups in total. The third-order valence-corrected chi connectivity index (χ3v) is 6.15. The van der Waals surface area contributed by atoms with E-state index in [9.17, 15) is 19.8 Å². The van der Waals surface area contributed by atoms with Crippen LogP contribution < -0.4 is 4.90 Å². The van der Waals surface area contributed by atoms with Crippen LogP contribution in [0.25, 0.3) is 11.0 Å². The predicted octanol–water partition coefficient (Wildman–Crippen LogP) is 5.99. The number of aryl methyl sites for hydroxylation is 1. The lowest BCUT2D eigenvalue weighted by Gasteiger charge is -2.27. The number of ketones is 1. The molecule has 0 radical (unpaired) electrons. The van der Waals surface area contributed by atoms with Crippen LogP contribution in [0.3, 0.4) is 0 Å². The maximum atomic E-state index is 13.6. The molecule has 7 heteroatoms. The van der Waals surface area contributed by atoms with Gasteiger partial charge in [-0.3, -0.25) is 14.5 Å². The number of Topliss-reactive ketones (excluding diaryl/α,β-unsaturated/α-hetero) is 1. The average molecular weight is 504 g/mol. The van der Waals surface area contributed by atoms with E-state index in [0.29, 0.717) is 22.2 Å². The monoisotopic (exact) mass is 503 g/mol. The smallest absolute Gasteiger partial charge is 0.294 e. The highest BCUT2D eigenvalue weighted by Gasteiger charge is 2.45. The number of rotatable bonds is 4. The second-order valence-electron chi connectivity index (χ2n) is 7.89. The lowest BCUT2D eigenvalue weighted by Crippen LogP contribution is -2.31. The highest BCUT2D eigenvalue weighted by atomic mass is 79.9. The zero-order valence-electron chi connectivity index (χ0n) is 17.4. The molecular weight excluding hydrogens is 486 g/mol. The number of carbonyl (C=O) groups is 2. The van der Waals surface area contributed by atoms with Crippen molar-refractivity contribution < 1.29 is 24.2 Å². The van der Waals surface area contributed by atoms with Crippen molar-refractivity contribution in [2.45, 2.75) is 13.0 Å². The first-order valence-corrected chi connectivity index (χ1v) is 11.0. The second kappa shape index (κ2) is 7.94. The van der Waals surface area contributed by atoms with E-state index in [4.69, 9.17) is 4.42 Å². The van der Waals surface area contributed by atoms with Crippen LogP contribution in [-0.2, 0) is 4.79 Å². The van der Waals surface area contributed by atoms with Crippen LogP contribution >= 0.6 is 15.9 Å². The van der Waals surface area contributed by atoms with Gasteiger partial charge >= 0.3 is 0 Å². The summed E-state index contributed by atoms with van der Waals surface area (Å²) in [5.41, 5.74) is 2.40. The molecule has 0 bridgehead atoms. The van der Waals surface area contributed by atoms with E-state index in [1.807, 2.05) is 25.1 Å². The van der Waals surface area contributed by atoms with Gasteiger partial charge in [0, 0.05) is 15.5 Å². The van der Waals surface area contributed by atoms with Gasteiger partial charge in [-0.2, -0.15) is 0 Å². The van der Waals surface area contributed by atoms with Gasteiger partial charge in [0.1, 0.15) is 11.3 Å². The number of fused-ring (bicyclic) bond motifs is 1. The molecule has 2 heterocycles. The van der Waals surface area contributed by atoms with Crippen molar-refractivity contribution >= 4 is 44.3 Å². The van der Waals surface area contributed by atoms with Crippen LogP contribution in [0.15, 0.2) is 93.0 Å². The Labute approximate surface area is 197 Å². The minimum absolute atomic E-state index is 0.00774. The summed E-state index contributed by atoms with van der Waals surface area (Å²) in [4.78, 5) is 28.1. The molecule has 1 amide bonds. The van der Waals surface area contributed by atoms with Crippen LogP contribution in [0.5, 0.6) is 5.75 Å². The van der Waals surface area contributed by atoms with Gasteiger partial charge in [0.05, 0.1) is 11.6 Å². The molecule has 1 aromatic heterocycles. The van der Waals surface area contributed by atoms with Crippen LogP contribution in [0.4, 0.5) is 5.69 Å². The first-order chi connectivity index (χ1) is 15.8. The minimum atomic E-state index is -0.945. The Balaban J connectivity index is 1.66. The van der Waals surface area contributed by atoms with Gasteiger partial charge < -0.3 is 14.6 Å². The van der Waals surface area contributed by atoms with Crippen molar-refractivity contribution in [1.29, 1.82) is 0 Å². The molecule has 0 aliphatic carbocycles. The van der Waals surface area contributed by atoms with Crippen molar-refractivity contribution in [3.05, 3.63) is 105 Å². The number of aliphatic hydroxyl groups is 1. The highest BCUT2D eigenvalue weighted by Crippen LogP contribution is 2.43. The number of amides is 1. The fourth-order valence-electron chi connectivity index (χ4n) is 4.08. The number of hydrogen-bond acceptors (Lipinski definition) is 5. The molecule has 6 nitrogen and oxygen atoms in total. The van der Waals surface area contributed by atoms with Crippen LogP contribution in [0.2, 0.25) is 0 Å². The number of phenolic OH excluding ortho intramolecular Hbond substituents is 1. The van der Waals surface area contributed by atoms with Gasteiger partial charge in [0.2, 0.25) is 5.78 Å². The van der Waals surface area contributed by atoms with Crippen LogP contribution in [0, 0.1) is 6.92 Å². The Kier molecular flexibility index (Phi) is 5.06. The number of hydrogen-bond donors (Lipinski definition) is 2. The fourth-order valence-corrected chi connectivity index (χ4v) is 4.46. The summed E-state index contributed by atoms with van der Waals surface area (Å²) in [6, 6.07) is 19.5. The quantitative estimate of drug-likeness (QED) is 0.333. The van der Waals surface area contributed by atoms with Crippen LogP contribution in [0.1, 0.15) is 27.7 Å². The van der Waals surface area contributed by atoms with E-state index in [1.54, 1.807) is 42.5 Å². The minimum Gasteiger partial charge on any atom is -0.508 e. The first-order valence-electron chi connectivity index (χ1n) is 10.2. The lowest BCUT2D eigenvalue weighted by molar-refractivity contribution is -0.117. The Bertz CT molecular complexity index is 1450. The van der Waals surface area contributed by atoms with E-state index in [1.165, 1.54) is 17.0 Å². The number of aliphatic hydroxyl groups excluding tert-OH is 1. The maximum absolute atomic E-state index is 13.6. The Hall–Kier alpha value is -3.84. The number of halogens is 1. The average Bonchev–Trinajstić information content (AvgIpc) is 3.33. The Morgan fingerprint density at radius 2 is 1.76 bits per heavy atom. The molecule has 4 aromatic rings. The molecule has 0 spiro atoms. The van der Waals surface area contributed by atoms with E-state index in [0.717, 1.165) is 10.0 Å². The molecule has 1 aliphatic heterocycles. The first kappa shape index (κ1) is 21.0. The van der Waals surface area contributed by atoms with Gasteiger partial charge in [-0.15, -0.1) is 0 Å². The summed E-state index contributed by atoms with van der Waals surface area (Å²) in [5.74, 6) is -1.95. The molecule has 1 aliphatic rings. The number of furan rings is 1. The van der Waals surface area contributed by atoms with E-state index >= 15 is 0 Å². The van der Waals surface area contributed by atoms with E-state index < -0.39 is 23.5 Å². The number of carbonyl (C=O) groups excluding carboxylic acids is 2. The molecule has 0 saturated heterocycles. The van der Waals surface area contributed by atoms with Gasteiger partial charge in [-0.1, -0.05) is 45.8 Å². The normalized spacial score (nSPS) is 16.1. The summed E-state index contributed by atoms with van der Waals surface area (Å²) in [5, 5.41) is 21.6. The number of nitrogens with zero attached hydrogens (tertiary/aromatic N) is 1. The SMILES string of the molecule is Cc1ccc(N2C(=O)C(O)=C(C(=O)c3cc4cc(Br)ccc4o3)C2c2cccc(O)c2)cc1. The zero-order valence-corrected chi connectivity index (χ0v) is 19.0. The van der Waals surface area contributed by atoms with Gasteiger partial charge in [0.15, 0.2) is 11.5 Å². The Morgan fingerprint density at radius 3 is 2.48 bits per heavy atom. The fraction of sp³-hybridized carbons (Fsp3) is 0.0769. The largest absolute Gasteiger partial charge is 0.508 e. The maximum Gasteiger partial charge on any atom is 0.294 e. The predicted molar refractivity (Wildman–Crippen MR) is 127 cm³/mol. The third kappa shape index (κ3) is 3.60. The van der Waals surface area contributed by atoms with Crippen molar-refractivity contribution in [3.63, 3.8) is 0 Å². The standard InChI is InChI=1S/C26H18BrNO5/c1-14-5-8-18(9-6-14)28-23(15-3-2-4-19(29)12-15)22(25(31)26(28)32)24(30)21-13-16-11-17(27)7-10-20(16)33-21/h2-13,23,29,31H,1H3. The molecule has 33 heavy (non-hydrogen) atoms. The molecule has 1 atom stereocenters. The summed E-state index contributed by atoms with van der Waals surface area (Å²) < 4.78 is 6.58. The summed E-state index contributed by atoms with van der Waals surface area (Å²) in [6.45, 7) is 1.92. The van der Waals surface area contributed by atoms with Crippen molar-refractivity contribution in [3.8, 4) is 5.75 Å². The molecule has 1 unspecified atom stereocenters. The lowest BCUT2D eigenvalue weighted by atomic mass is 9.94. The van der Waals surface area contributed by atoms with Crippen molar-refractivity contribution in [2.24, 2.45) is 0 Å². The highest BCUT2D eigenvalue weighted by molar-refractivity contribution is 9.10. The third-order valence-electron chi connectivity index (χ3n) is 5.65. The van der Waals surface area contributed by atoms with E-state index in [-0.39, 0.29) is 17.1 Å². The van der Waals surface area contributed by atoms with E-state index in [2.05, 4.69) is 15.9 Å².